The van der Waals surface area contributed by atoms with Crippen LogP contribution in [-0.4, -0.2) is 31.1 Å². The molecule has 0 atom stereocenters. The first-order valence-electron chi connectivity index (χ1n) is 5.44. The minimum absolute atomic E-state index is 0.591. The van der Waals surface area contributed by atoms with Gasteiger partial charge in [-0.05, 0) is 31.3 Å². The highest BCUT2D eigenvalue weighted by molar-refractivity contribution is 5.49. The molecule has 5 heteroatoms. The number of nitrogens with zero attached hydrogens (tertiary/aromatic N) is 2. The van der Waals surface area contributed by atoms with E-state index in [9.17, 15) is 13.2 Å². The highest BCUT2D eigenvalue weighted by Crippen LogP contribution is 2.31. The van der Waals surface area contributed by atoms with E-state index in [4.69, 9.17) is 0 Å². The van der Waals surface area contributed by atoms with Crippen LogP contribution in [0.25, 0.3) is 0 Å². The van der Waals surface area contributed by atoms with Gasteiger partial charge in [0.1, 0.15) is 0 Å². The van der Waals surface area contributed by atoms with Gasteiger partial charge in [-0.25, -0.2) is 0 Å². The van der Waals surface area contributed by atoms with Gasteiger partial charge in [0.2, 0.25) is 0 Å². The van der Waals surface area contributed by atoms with Crippen molar-refractivity contribution in [2.24, 2.45) is 0 Å². The van der Waals surface area contributed by atoms with Crippen molar-refractivity contribution in [2.75, 3.05) is 31.1 Å². The van der Waals surface area contributed by atoms with E-state index < -0.39 is 11.7 Å². The highest BCUT2D eigenvalue weighted by atomic mass is 19.4. The van der Waals surface area contributed by atoms with Gasteiger partial charge in [-0.2, -0.15) is 13.2 Å². The molecule has 0 N–H and O–H groups in total. The summed E-state index contributed by atoms with van der Waals surface area (Å²) in [6, 6.07) is 5.47. The van der Waals surface area contributed by atoms with Crippen LogP contribution in [0.5, 0.6) is 0 Å². The Balaban J connectivity index is 2.16. The van der Waals surface area contributed by atoms with Crippen LogP contribution < -0.4 is 4.90 Å². The lowest BCUT2D eigenvalue weighted by Gasteiger charge is -2.38. The molecule has 1 aromatic rings. The Morgan fingerprint density at radius 2 is 1.71 bits per heavy atom. The van der Waals surface area contributed by atoms with Crippen molar-refractivity contribution in [3.63, 3.8) is 0 Å². The topological polar surface area (TPSA) is 6.48 Å². The number of halogens is 3. The molecule has 0 radical (unpaired) electrons. The summed E-state index contributed by atoms with van der Waals surface area (Å²) in [5, 5.41) is 0. The molecule has 1 saturated heterocycles. The molecule has 0 amide bonds. The van der Waals surface area contributed by atoms with Crippen LogP contribution in [0.2, 0.25) is 0 Å². The van der Waals surface area contributed by atoms with Crippen molar-refractivity contribution >= 4 is 5.69 Å². The van der Waals surface area contributed by atoms with Crippen LogP contribution in [0.3, 0.4) is 0 Å². The number of benzene rings is 1. The average Bonchev–Trinajstić information content (AvgIpc) is 2.29. The van der Waals surface area contributed by atoms with E-state index >= 15 is 0 Å². The Labute approximate surface area is 98.6 Å². The Bertz CT molecular complexity index is 382. The molecule has 1 aliphatic heterocycles. The van der Waals surface area contributed by atoms with E-state index in [1.165, 1.54) is 12.1 Å². The third kappa shape index (κ3) is 2.91. The minimum atomic E-state index is -4.27. The van der Waals surface area contributed by atoms with Gasteiger partial charge in [0.15, 0.2) is 0 Å². The fourth-order valence-electron chi connectivity index (χ4n) is 1.89. The third-order valence-electron chi connectivity index (χ3n) is 2.91. The summed E-state index contributed by atoms with van der Waals surface area (Å²) in [6.07, 6.45) is -4.27. The molecule has 0 spiro atoms. The summed E-state index contributed by atoms with van der Waals surface area (Å²) < 4.78 is 37.7. The number of hydrogen-bond acceptors (Lipinski definition) is 2. The SMILES string of the molecule is [CH2-]N1CCN(c2cccc(C(F)(F)F)c2)CC1. The number of hydrogen-bond donors (Lipinski definition) is 0. The zero-order chi connectivity index (χ0) is 12.5. The summed E-state index contributed by atoms with van der Waals surface area (Å²) >= 11 is 0. The lowest BCUT2D eigenvalue weighted by Crippen LogP contribution is -2.43. The van der Waals surface area contributed by atoms with Crippen molar-refractivity contribution in [1.82, 2.24) is 4.90 Å². The van der Waals surface area contributed by atoms with Gasteiger partial charge in [0.05, 0.1) is 5.56 Å². The maximum atomic E-state index is 12.6. The standard InChI is InChI=1S/C12H14F3N2/c1-16-5-7-17(8-6-16)11-4-2-3-10(9-11)12(13,14)15/h2-4,9H,1,5-8H2/q-1. The number of anilines is 1. The lowest BCUT2D eigenvalue weighted by molar-refractivity contribution is -0.137. The van der Waals surface area contributed by atoms with Gasteiger partial charge >= 0.3 is 6.18 Å². The van der Waals surface area contributed by atoms with E-state index in [1.807, 2.05) is 9.80 Å². The highest BCUT2D eigenvalue weighted by Gasteiger charge is 2.30. The van der Waals surface area contributed by atoms with E-state index in [2.05, 4.69) is 7.05 Å². The summed E-state index contributed by atoms with van der Waals surface area (Å²) in [7, 11) is 3.81. The predicted molar refractivity (Wildman–Crippen MR) is 60.6 cm³/mol. The Kier molecular flexibility index (Phi) is 3.28. The van der Waals surface area contributed by atoms with Crippen LogP contribution in [0.4, 0.5) is 18.9 Å². The quantitative estimate of drug-likeness (QED) is 0.700. The maximum Gasteiger partial charge on any atom is 0.416 e. The smallest absolute Gasteiger partial charge is 0.416 e. The van der Waals surface area contributed by atoms with Gasteiger partial charge in [-0.15, -0.1) is 0 Å². The second kappa shape index (κ2) is 4.56. The first kappa shape index (κ1) is 12.2. The predicted octanol–water partition coefficient (Wildman–Crippen LogP) is 2.62. The van der Waals surface area contributed by atoms with E-state index in [0.29, 0.717) is 18.8 Å². The van der Waals surface area contributed by atoms with Crippen molar-refractivity contribution in [3.8, 4) is 0 Å². The van der Waals surface area contributed by atoms with Crippen LogP contribution in [-0.2, 0) is 6.18 Å². The molecule has 2 rings (SSSR count). The second-order valence-electron chi connectivity index (χ2n) is 4.15. The molecule has 1 heterocycles. The van der Waals surface area contributed by atoms with Crippen molar-refractivity contribution < 1.29 is 13.2 Å². The molecule has 0 bridgehead atoms. The number of alkyl halides is 3. The molecule has 1 aliphatic rings. The third-order valence-corrected chi connectivity index (χ3v) is 2.91. The van der Waals surface area contributed by atoms with Crippen molar-refractivity contribution in [3.05, 3.63) is 36.9 Å². The molecular weight excluding hydrogens is 229 g/mol. The first-order valence-corrected chi connectivity index (χ1v) is 5.44. The van der Waals surface area contributed by atoms with Gasteiger partial charge in [0.25, 0.3) is 0 Å². The van der Waals surface area contributed by atoms with Crippen molar-refractivity contribution in [1.29, 1.82) is 0 Å². The van der Waals surface area contributed by atoms with E-state index in [-0.39, 0.29) is 0 Å². The minimum Gasteiger partial charge on any atom is -0.456 e. The Morgan fingerprint density at radius 1 is 1.06 bits per heavy atom. The molecular formula is C12H14F3N2-. The molecule has 0 aliphatic carbocycles. The van der Waals surface area contributed by atoms with Crippen molar-refractivity contribution in [2.45, 2.75) is 6.18 Å². The molecule has 17 heavy (non-hydrogen) atoms. The van der Waals surface area contributed by atoms with Gasteiger partial charge < -0.3 is 9.80 Å². The largest absolute Gasteiger partial charge is 0.456 e. The zero-order valence-corrected chi connectivity index (χ0v) is 9.37. The average molecular weight is 243 g/mol. The summed E-state index contributed by atoms with van der Waals surface area (Å²) in [5.41, 5.74) is 0.0416. The van der Waals surface area contributed by atoms with E-state index in [0.717, 1.165) is 19.2 Å². The molecule has 2 nitrogen and oxygen atoms in total. The van der Waals surface area contributed by atoms with Gasteiger partial charge in [-0.1, -0.05) is 6.07 Å². The lowest BCUT2D eigenvalue weighted by atomic mass is 10.1. The fourth-order valence-corrected chi connectivity index (χ4v) is 1.89. The Hall–Kier alpha value is -1.23. The van der Waals surface area contributed by atoms with Crippen LogP contribution >= 0.6 is 0 Å². The molecule has 94 valence electrons. The van der Waals surface area contributed by atoms with Crippen LogP contribution in [0.15, 0.2) is 24.3 Å². The second-order valence-corrected chi connectivity index (χ2v) is 4.15. The van der Waals surface area contributed by atoms with Gasteiger partial charge in [-0.3, -0.25) is 7.05 Å². The van der Waals surface area contributed by atoms with Crippen LogP contribution in [0, 0.1) is 7.05 Å². The normalized spacial score (nSPS) is 18.5. The summed E-state index contributed by atoms with van der Waals surface area (Å²) in [4.78, 5) is 3.88. The van der Waals surface area contributed by atoms with Gasteiger partial charge in [0, 0.05) is 18.8 Å². The monoisotopic (exact) mass is 243 g/mol. The van der Waals surface area contributed by atoms with E-state index in [1.54, 1.807) is 6.07 Å². The fraction of sp³-hybridized carbons (Fsp3) is 0.417. The molecule has 0 aromatic heterocycles. The zero-order valence-electron chi connectivity index (χ0n) is 9.37. The van der Waals surface area contributed by atoms with Crippen LogP contribution in [0.1, 0.15) is 5.56 Å². The maximum absolute atomic E-state index is 12.6. The number of rotatable bonds is 1. The first-order chi connectivity index (χ1) is 7.97. The molecule has 0 unspecified atom stereocenters. The summed E-state index contributed by atoms with van der Waals surface area (Å²) in [5.74, 6) is 0. The molecule has 1 aromatic carbocycles. The Morgan fingerprint density at radius 3 is 2.29 bits per heavy atom. The number of piperazine rings is 1. The molecule has 0 saturated carbocycles. The summed E-state index contributed by atoms with van der Waals surface area (Å²) in [6.45, 7) is 2.97. The molecule has 1 fully saturated rings.